The van der Waals surface area contributed by atoms with Crippen molar-refractivity contribution >= 4 is 44.4 Å². The molecule has 0 saturated heterocycles. The van der Waals surface area contributed by atoms with E-state index in [2.05, 4.69) is 4.98 Å². The molecule has 34 heavy (non-hydrogen) atoms. The molecule has 174 valence electrons. The van der Waals surface area contributed by atoms with E-state index in [9.17, 15) is 14.9 Å². The number of carbonyl (C=O) groups excluding carboxylic acids is 1. The number of thiazole rings is 1. The SMILES string of the molecule is CCOc1cccc2sc(N(CCCn3ccnc3)C(=O)/C=C/c3cccc([N+](=O)[O-])c3)nc12. The average molecular weight is 478 g/mol. The molecule has 0 aliphatic carbocycles. The Morgan fingerprint density at radius 3 is 2.91 bits per heavy atom. The number of anilines is 1. The Labute approximate surface area is 200 Å². The Hall–Kier alpha value is -4.05. The van der Waals surface area contributed by atoms with E-state index in [1.54, 1.807) is 35.6 Å². The van der Waals surface area contributed by atoms with Crippen LogP contribution in [0.3, 0.4) is 0 Å². The summed E-state index contributed by atoms with van der Waals surface area (Å²) in [5.41, 5.74) is 1.27. The molecule has 0 N–H and O–H groups in total. The van der Waals surface area contributed by atoms with E-state index in [4.69, 9.17) is 9.72 Å². The molecular formula is C24H23N5O4S. The number of hydrogen-bond acceptors (Lipinski definition) is 7. The first-order chi connectivity index (χ1) is 16.5. The summed E-state index contributed by atoms with van der Waals surface area (Å²) in [4.78, 5) is 34.2. The third kappa shape index (κ3) is 5.46. The molecule has 2 aromatic heterocycles. The Bertz CT molecular complexity index is 1320. The summed E-state index contributed by atoms with van der Waals surface area (Å²) < 4.78 is 8.58. The van der Waals surface area contributed by atoms with Gasteiger partial charge in [-0.2, -0.15) is 0 Å². The fraction of sp³-hybridized carbons (Fsp3) is 0.208. The van der Waals surface area contributed by atoms with E-state index in [1.165, 1.54) is 29.5 Å². The van der Waals surface area contributed by atoms with Crippen LogP contribution in [0.4, 0.5) is 10.8 Å². The van der Waals surface area contributed by atoms with Gasteiger partial charge >= 0.3 is 0 Å². The van der Waals surface area contributed by atoms with Gasteiger partial charge in [0.05, 0.1) is 22.6 Å². The number of nitro benzene ring substituents is 1. The number of carbonyl (C=O) groups is 1. The molecule has 0 spiro atoms. The van der Waals surface area contributed by atoms with E-state index < -0.39 is 4.92 Å². The van der Waals surface area contributed by atoms with Gasteiger partial charge in [-0.25, -0.2) is 9.97 Å². The van der Waals surface area contributed by atoms with Crippen LogP contribution < -0.4 is 9.64 Å². The molecule has 0 aliphatic heterocycles. The molecule has 10 heteroatoms. The van der Waals surface area contributed by atoms with Crippen molar-refractivity contribution in [2.45, 2.75) is 19.9 Å². The van der Waals surface area contributed by atoms with Crippen LogP contribution in [0, 0.1) is 10.1 Å². The van der Waals surface area contributed by atoms with Crippen molar-refractivity contribution in [1.29, 1.82) is 0 Å². The highest BCUT2D eigenvalue weighted by atomic mass is 32.1. The number of aryl methyl sites for hydroxylation is 1. The first-order valence-corrected chi connectivity index (χ1v) is 11.6. The highest BCUT2D eigenvalue weighted by Gasteiger charge is 2.19. The minimum absolute atomic E-state index is 0.0265. The van der Waals surface area contributed by atoms with Crippen LogP contribution >= 0.6 is 11.3 Å². The number of para-hydroxylation sites is 1. The quantitative estimate of drug-likeness (QED) is 0.182. The van der Waals surface area contributed by atoms with Gasteiger partial charge in [0.1, 0.15) is 11.3 Å². The molecule has 2 heterocycles. The lowest BCUT2D eigenvalue weighted by atomic mass is 10.2. The largest absolute Gasteiger partial charge is 0.492 e. The predicted molar refractivity (Wildman–Crippen MR) is 132 cm³/mol. The van der Waals surface area contributed by atoms with Crippen molar-refractivity contribution in [2.75, 3.05) is 18.1 Å². The molecule has 0 atom stereocenters. The number of nitrogens with zero attached hydrogens (tertiary/aromatic N) is 5. The molecule has 0 radical (unpaired) electrons. The number of rotatable bonds is 10. The van der Waals surface area contributed by atoms with Gasteiger partial charge in [0, 0.05) is 43.7 Å². The molecule has 1 amide bonds. The number of nitro groups is 1. The molecular weight excluding hydrogens is 454 g/mol. The fourth-order valence-electron chi connectivity index (χ4n) is 3.43. The van der Waals surface area contributed by atoms with Crippen LogP contribution in [0.15, 0.2) is 67.3 Å². The van der Waals surface area contributed by atoms with Gasteiger partial charge < -0.3 is 9.30 Å². The van der Waals surface area contributed by atoms with Gasteiger partial charge in [0.25, 0.3) is 11.6 Å². The van der Waals surface area contributed by atoms with Crippen LogP contribution in [0.2, 0.25) is 0 Å². The maximum absolute atomic E-state index is 13.2. The van der Waals surface area contributed by atoms with Crippen molar-refractivity contribution in [3.8, 4) is 5.75 Å². The van der Waals surface area contributed by atoms with Crippen LogP contribution in [-0.2, 0) is 11.3 Å². The molecule has 4 aromatic rings. The Morgan fingerprint density at radius 2 is 2.15 bits per heavy atom. The predicted octanol–water partition coefficient (Wildman–Crippen LogP) is 4.94. The Balaban J connectivity index is 1.60. The second-order valence-corrected chi connectivity index (χ2v) is 8.37. The number of aromatic nitrogens is 3. The number of fused-ring (bicyclic) bond motifs is 1. The smallest absolute Gasteiger partial charge is 0.270 e. The zero-order chi connectivity index (χ0) is 23.9. The van der Waals surface area contributed by atoms with Crippen molar-refractivity contribution < 1.29 is 14.5 Å². The molecule has 2 aromatic carbocycles. The third-order valence-corrected chi connectivity index (χ3v) is 6.07. The Morgan fingerprint density at radius 1 is 1.29 bits per heavy atom. The van der Waals surface area contributed by atoms with Gasteiger partial charge in [-0.15, -0.1) is 0 Å². The van der Waals surface area contributed by atoms with Crippen LogP contribution in [0.25, 0.3) is 16.3 Å². The van der Waals surface area contributed by atoms with E-state index >= 15 is 0 Å². The van der Waals surface area contributed by atoms with Crippen molar-refractivity contribution in [3.05, 3.63) is 82.9 Å². The molecule has 0 aliphatic rings. The van der Waals surface area contributed by atoms with Gasteiger partial charge in [-0.1, -0.05) is 29.5 Å². The van der Waals surface area contributed by atoms with Crippen LogP contribution in [0.5, 0.6) is 5.75 Å². The van der Waals surface area contributed by atoms with Crippen LogP contribution in [-0.4, -0.2) is 38.5 Å². The lowest BCUT2D eigenvalue weighted by Crippen LogP contribution is -2.30. The minimum atomic E-state index is -0.460. The van der Waals surface area contributed by atoms with Gasteiger partial charge in [-0.05, 0) is 37.1 Å². The highest BCUT2D eigenvalue weighted by Crippen LogP contribution is 2.34. The van der Waals surface area contributed by atoms with Gasteiger partial charge in [0.15, 0.2) is 5.13 Å². The van der Waals surface area contributed by atoms with E-state index in [0.29, 0.717) is 42.6 Å². The topological polar surface area (TPSA) is 103 Å². The van der Waals surface area contributed by atoms with Crippen molar-refractivity contribution in [3.63, 3.8) is 0 Å². The third-order valence-electron chi connectivity index (χ3n) is 5.02. The zero-order valence-corrected chi connectivity index (χ0v) is 19.4. The van der Waals surface area contributed by atoms with Gasteiger partial charge in [-0.3, -0.25) is 19.8 Å². The minimum Gasteiger partial charge on any atom is -0.492 e. The molecule has 0 fully saturated rings. The first-order valence-electron chi connectivity index (χ1n) is 10.8. The number of benzene rings is 2. The molecule has 9 nitrogen and oxygen atoms in total. The molecule has 0 unspecified atom stereocenters. The fourth-order valence-corrected chi connectivity index (χ4v) is 4.44. The second kappa shape index (κ2) is 10.7. The monoisotopic (exact) mass is 477 g/mol. The highest BCUT2D eigenvalue weighted by molar-refractivity contribution is 7.22. The molecule has 0 saturated carbocycles. The standard InChI is InChI=1S/C24H23N5O4S/c1-2-33-20-8-4-9-21-23(20)26-24(34-21)28(14-5-13-27-15-12-25-17-27)22(30)11-10-18-6-3-7-19(16-18)29(31)32/h3-4,6-12,15-17H,2,5,13-14H2,1H3/b11-10+. The number of non-ortho nitro benzene ring substituents is 1. The summed E-state index contributed by atoms with van der Waals surface area (Å²) in [6.45, 7) is 3.58. The normalized spacial score (nSPS) is 11.2. The van der Waals surface area contributed by atoms with Crippen LogP contribution in [0.1, 0.15) is 18.9 Å². The number of hydrogen-bond donors (Lipinski definition) is 0. The molecule has 0 bridgehead atoms. The zero-order valence-electron chi connectivity index (χ0n) is 18.5. The van der Waals surface area contributed by atoms with Crippen molar-refractivity contribution in [2.24, 2.45) is 0 Å². The summed E-state index contributed by atoms with van der Waals surface area (Å²) in [6, 6.07) is 11.9. The maximum Gasteiger partial charge on any atom is 0.270 e. The maximum atomic E-state index is 13.2. The molecule has 4 rings (SSSR count). The lowest BCUT2D eigenvalue weighted by Gasteiger charge is -2.18. The summed E-state index contributed by atoms with van der Waals surface area (Å²) in [6.07, 6.45) is 9.03. The lowest BCUT2D eigenvalue weighted by molar-refractivity contribution is -0.384. The summed E-state index contributed by atoms with van der Waals surface area (Å²) in [7, 11) is 0. The van der Waals surface area contributed by atoms with Gasteiger partial charge in [0.2, 0.25) is 0 Å². The summed E-state index contributed by atoms with van der Waals surface area (Å²) in [5.74, 6) is 0.426. The van der Waals surface area contributed by atoms with E-state index in [1.807, 2.05) is 35.9 Å². The average Bonchev–Trinajstić information content (AvgIpc) is 3.51. The number of amides is 1. The van der Waals surface area contributed by atoms with Crippen molar-refractivity contribution in [1.82, 2.24) is 14.5 Å². The first kappa shape index (κ1) is 23.1. The number of imidazole rings is 1. The van der Waals surface area contributed by atoms with E-state index in [-0.39, 0.29) is 11.6 Å². The second-order valence-electron chi connectivity index (χ2n) is 7.36. The number of ether oxygens (including phenoxy) is 1. The Kier molecular flexibility index (Phi) is 7.28. The summed E-state index contributed by atoms with van der Waals surface area (Å²) >= 11 is 1.42. The summed E-state index contributed by atoms with van der Waals surface area (Å²) in [5, 5.41) is 11.6. The van der Waals surface area contributed by atoms with E-state index in [0.717, 1.165) is 10.2 Å².